The Labute approximate surface area is 221 Å². The van der Waals surface area contributed by atoms with Gasteiger partial charge in [0.15, 0.2) is 0 Å². The first-order valence-electron chi connectivity index (χ1n) is 10.5. The molecule has 4 rings (SSSR count). The Morgan fingerprint density at radius 2 is 1.69 bits per heavy atom. The molecule has 35 heavy (non-hydrogen) atoms. The van der Waals surface area contributed by atoms with Gasteiger partial charge >= 0.3 is 0 Å². The van der Waals surface area contributed by atoms with Crippen molar-refractivity contribution in [1.29, 1.82) is 0 Å². The van der Waals surface area contributed by atoms with Crippen molar-refractivity contribution >= 4 is 75.3 Å². The fourth-order valence-corrected chi connectivity index (χ4v) is 5.22. The van der Waals surface area contributed by atoms with Crippen molar-refractivity contribution in [2.24, 2.45) is 5.92 Å². The summed E-state index contributed by atoms with van der Waals surface area (Å²) in [6.07, 6.45) is 0. The summed E-state index contributed by atoms with van der Waals surface area (Å²) in [6, 6.07) is 11.8. The fraction of sp³-hybridized carbons (Fsp3) is 0.200. The first-order chi connectivity index (χ1) is 16.4. The van der Waals surface area contributed by atoms with Crippen LogP contribution in [0.1, 0.15) is 34.3 Å². The first kappa shape index (κ1) is 25.6. The first-order valence-corrected chi connectivity index (χ1v) is 12.0. The van der Waals surface area contributed by atoms with E-state index < -0.39 is 22.5 Å². The molecule has 1 saturated carbocycles. The lowest BCUT2D eigenvalue weighted by Gasteiger charge is -2.11. The monoisotopic (exact) mass is 553 g/mol. The van der Waals surface area contributed by atoms with E-state index in [1.807, 2.05) is 13.0 Å². The number of hydrogen-bond acceptors (Lipinski definition) is 3. The van der Waals surface area contributed by atoms with Crippen LogP contribution in [0.25, 0.3) is 0 Å². The van der Waals surface area contributed by atoms with Crippen LogP contribution in [0.3, 0.4) is 0 Å². The Morgan fingerprint density at radius 1 is 0.971 bits per heavy atom. The van der Waals surface area contributed by atoms with Gasteiger partial charge in [0.25, 0.3) is 5.91 Å². The van der Waals surface area contributed by atoms with Crippen LogP contribution < -0.4 is 16.4 Å². The van der Waals surface area contributed by atoms with Crippen LogP contribution in [0.15, 0.2) is 48.5 Å². The van der Waals surface area contributed by atoms with Crippen LogP contribution in [0.5, 0.6) is 0 Å². The summed E-state index contributed by atoms with van der Waals surface area (Å²) in [6.45, 7) is 3.62. The van der Waals surface area contributed by atoms with Gasteiger partial charge in [0.1, 0.15) is 5.82 Å². The largest absolute Gasteiger partial charge is 0.399 e. The Morgan fingerprint density at radius 3 is 2.34 bits per heavy atom. The molecule has 3 atom stereocenters. The highest BCUT2D eigenvalue weighted by Gasteiger charge is 2.65. The smallest absolute Gasteiger partial charge is 0.257 e. The molecule has 5 nitrogen and oxygen atoms in total. The molecule has 0 spiro atoms. The number of carbonyl (C=O) groups is 2. The zero-order chi connectivity index (χ0) is 25.7. The fourth-order valence-electron chi connectivity index (χ4n) is 4.22. The van der Waals surface area contributed by atoms with Gasteiger partial charge in [0, 0.05) is 23.0 Å². The molecule has 0 aromatic heterocycles. The van der Waals surface area contributed by atoms with E-state index >= 15 is 0 Å². The second-order valence-corrected chi connectivity index (χ2v) is 10.7. The van der Waals surface area contributed by atoms with E-state index in [-0.39, 0.29) is 33.8 Å². The molecule has 0 saturated heterocycles. The van der Waals surface area contributed by atoms with Crippen LogP contribution in [0.4, 0.5) is 21.5 Å². The maximum absolute atomic E-state index is 13.6. The maximum Gasteiger partial charge on any atom is 0.257 e. The second kappa shape index (κ2) is 9.51. The molecule has 10 heteroatoms. The zero-order valence-electron chi connectivity index (χ0n) is 18.6. The summed E-state index contributed by atoms with van der Waals surface area (Å²) >= 11 is 25.3. The van der Waals surface area contributed by atoms with Crippen LogP contribution in [0, 0.1) is 18.7 Å². The SMILES string of the molecule is Cc1cc([C@H]2[C@H](C(=O)Nc3ccc(Cl)c(C(=O)Nc4cc(N)cc(F)c4)c3)C2(C)Cl)cc(Cl)c1Cl. The molecular formula is C25H20Cl4FN3O2. The average molecular weight is 555 g/mol. The average Bonchev–Trinajstić information content (AvgIpc) is 3.34. The molecule has 0 heterocycles. The van der Waals surface area contributed by atoms with Crippen molar-refractivity contribution in [2.75, 3.05) is 16.4 Å². The lowest BCUT2D eigenvalue weighted by molar-refractivity contribution is -0.117. The number of hydrogen-bond donors (Lipinski definition) is 3. The maximum atomic E-state index is 13.6. The molecule has 2 amide bonds. The van der Waals surface area contributed by atoms with Gasteiger partial charge in [-0.1, -0.05) is 40.9 Å². The van der Waals surface area contributed by atoms with E-state index in [0.29, 0.717) is 15.7 Å². The normalized spacial score (nSPS) is 20.9. The number of rotatable bonds is 5. The topological polar surface area (TPSA) is 84.2 Å². The number of alkyl halides is 1. The Balaban J connectivity index is 1.52. The molecule has 3 aromatic rings. The number of amides is 2. The van der Waals surface area contributed by atoms with Gasteiger partial charge in [-0.05, 0) is 67.4 Å². The molecule has 1 aliphatic carbocycles. The zero-order valence-corrected chi connectivity index (χ0v) is 21.6. The standard InChI is InChI=1S/C25H20Cl4FN3O2/c1-11-5-12(6-19(27)22(11)28)20-21(25(20,2)29)24(35)32-15-3-4-18(26)17(10-15)23(34)33-16-8-13(30)7-14(31)9-16/h3-10,20-21H,31H2,1-2H3,(H,32,35)(H,33,34)/t20-,21+,25?/m0/s1. The summed E-state index contributed by atoms with van der Waals surface area (Å²) in [5, 5.41) is 6.37. The molecule has 1 fully saturated rings. The summed E-state index contributed by atoms with van der Waals surface area (Å²) < 4.78 is 13.6. The minimum Gasteiger partial charge on any atom is -0.399 e. The van der Waals surface area contributed by atoms with Crippen molar-refractivity contribution in [2.45, 2.75) is 24.6 Å². The molecule has 182 valence electrons. The summed E-state index contributed by atoms with van der Waals surface area (Å²) in [4.78, 5) is 25.0. The highest BCUT2D eigenvalue weighted by molar-refractivity contribution is 6.42. The number of nitrogens with one attached hydrogen (secondary N) is 2. The van der Waals surface area contributed by atoms with Crippen LogP contribution >= 0.6 is 46.4 Å². The van der Waals surface area contributed by atoms with Crippen molar-refractivity contribution < 1.29 is 14.0 Å². The van der Waals surface area contributed by atoms with Crippen molar-refractivity contribution in [3.05, 3.63) is 86.1 Å². The summed E-state index contributed by atoms with van der Waals surface area (Å²) in [7, 11) is 0. The second-order valence-electron chi connectivity index (χ2n) is 8.65. The third kappa shape index (κ3) is 5.21. The highest BCUT2D eigenvalue weighted by Crippen LogP contribution is 2.62. The lowest BCUT2D eigenvalue weighted by atomic mass is 10.1. The van der Waals surface area contributed by atoms with E-state index in [4.69, 9.17) is 52.1 Å². The molecule has 3 aromatic carbocycles. The van der Waals surface area contributed by atoms with Gasteiger partial charge < -0.3 is 16.4 Å². The number of aryl methyl sites for hydroxylation is 1. The van der Waals surface area contributed by atoms with E-state index in [9.17, 15) is 14.0 Å². The van der Waals surface area contributed by atoms with Gasteiger partial charge in [-0.2, -0.15) is 0 Å². The molecular weight excluding hydrogens is 535 g/mol. The van der Waals surface area contributed by atoms with E-state index in [2.05, 4.69) is 10.6 Å². The number of nitrogens with two attached hydrogens (primary N) is 1. The molecule has 4 N–H and O–H groups in total. The minimum absolute atomic E-state index is 0.0911. The predicted octanol–water partition coefficient (Wildman–Crippen LogP) is 7.28. The third-order valence-corrected chi connectivity index (χ3v) is 7.67. The van der Waals surface area contributed by atoms with Crippen molar-refractivity contribution in [3.63, 3.8) is 0 Å². The van der Waals surface area contributed by atoms with Crippen molar-refractivity contribution in [3.8, 4) is 0 Å². The van der Waals surface area contributed by atoms with Gasteiger partial charge in [0.05, 0.1) is 31.4 Å². The molecule has 0 aliphatic heterocycles. The Bertz CT molecular complexity index is 1320. The number of nitrogen functional groups attached to an aromatic ring is 1. The summed E-state index contributed by atoms with van der Waals surface area (Å²) in [5.74, 6) is -2.31. The number of anilines is 3. The molecule has 0 bridgehead atoms. The highest BCUT2D eigenvalue weighted by atomic mass is 35.5. The Kier molecular flexibility index (Phi) is 6.95. The Hall–Kier alpha value is -2.51. The molecule has 1 unspecified atom stereocenters. The van der Waals surface area contributed by atoms with E-state index in [0.717, 1.165) is 23.3 Å². The summed E-state index contributed by atoms with van der Waals surface area (Å²) in [5.41, 5.74) is 8.02. The van der Waals surface area contributed by atoms with Crippen LogP contribution in [-0.2, 0) is 4.79 Å². The quantitative estimate of drug-likeness (QED) is 0.229. The molecule has 0 radical (unpaired) electrons. The number of halogens is 5. The van der Waals surface area contributed by atoms with Gasteiger partial charge in [0.2, 0.25) is 5.91 Å². The van der Waals surface area contributed by atoms with Gasteiger partial charge in [-0.25, -0.2) is 4.39 Å². The van der Waals surface area contributed by atoms with Crippen LogP contribution in [-0.4, -0.2) is 16.7 Å². The van der Waals surface area contributed by atoms with E-state index in [1.165, 1.54) is 18.2 Å². The molecule has 1 aliphatic rings. The minimum atomic E-state index is -0.822. The lowest BCUT2D eigenvalue weighted by Crippen LogP contribution is -2.19. The third-order valence-electron chi connectivity index (χ3n) is 5.97. The van der Waals surface area contributed by atoms with E-state index in [1.54, 1.807) is 19.1 Å². The van der Waals surface area contributed by atoms with Gasteiger partial charge in [-0.15, -0.1) is 11.6 Å². The predicted molar refractivity (Wildman–Crippen MR) is 141 cm³/mol. The number of benzene rings is 3. The van der Waals surface area contributed by atoms with Crippen LogP contribution in [0.2, 0.25) is 15.1 Å². The van der Waals surface area contributed by atoms with Crippen molar-refractivity contribution in [1.82, 2.24) is 0 Å². The van der Waals surface area contributed by atoms with Gasteiger partial charge in [-0.3, -0.25) is 9.59 Å². The number of carbonyl (C=O) groups excluding carboxylic acids is 2.